The summed E-state index contributed by atoms with van der Waals surface area (Å²) in [4.78, 5) is 6.53. The van der Waals surface area contributed by atoms with E-state index in [9.17, 15) is 13.2 Å². The van der Waals surface area contributed by atoms with Gasteiger partial charge in [0.25, 0.3) is 0 Å². The summed E-state index contributed by atoms with van der Waals surface area (Å²) in [5.74, 6) is 0. The quantitative estimate of drug-likeness (QED) is 0.568. The summed E-state index contributed by atoms with van der Waals surface area (Å²) in [6.07, 6.45) is -2.33. The average Bonchev–Trinajstić information content (AvgIpc) is 2.59. The highest BCUT2D eigenvalue weighted by molar-refractivity contribution is 5.95. The van der Waals surface area contributed by atoms with Gasteiger partial charge in [0, 0.05) is 23.3 Å². The molecule has 128 valence electrons. The Morgan fingerprint density at radius 2 is 1.80 bits per heavy atom. The van der Waals surface area contributed by atoms with Gasteiger partial charge in [0.1, 0.15) is 0 Å². The van der Waals surface area contributed by atoms with Crippen LogP contribution in [0.2, 0.25) is 0 Å². The zero-order valence-corrected chi connectivity index (χ0v) is 13.8. The van der Waals surface area contributed by atoms with Crippen LogP contribution in [0.15, 0.2) is 48.5 Å². The SMILES string of the molecule is Cc1cc(N2CCCc3ccccc32)c2ccc(C(F)(F)F)cc2n1. The molecule has 0 fully saturated rings. The fourth-order valence-corrected chi connectivity index (χ4v) is 3.52. The highest BCUT2D eigenvalue weighted by Gasteiger charge is 2.31. The van der Waals surface area contributed by atoms with Gasteiger partial charge >= 0.3 is 6.18 Å². The lowest BCUT2D eigenvalue weighted by atomic mass is 10.00. The first-order chi connectivity index (χ1) is 11.9. The summed E-state index contributed by atoms with van der Waals surface area (Å²) in [6, 6.07) is 14.0. The summed E-state index contributed by atoms with van der Waals surface area (Å²) in [6.45, 7) is 2.66. The molecule has 3 aromatic rings. The van der Waals surface area contributed by atoms with Crippen molar-refractivity contribution in [1.29, 1.82) is 0 Å². The van der Waals surface area contributed by atoms with Gasteiger partial charge in [0.2, 0.25) is 0 Å². The van der Waals surface area contributed by atoms with Gasteiger partial charge in [-0.15, -0.1) is 0 Å². The van der Waals surface area contributed by atoms with Crippen molar-refractivity contribution in [2.24, 2.45) is 0 Å². The largest absolute Gasteiger partial charge is 0.416 e. The van der Waals surface area contributed by atoms with Gasteiger partial charge in [0.05, 0.1) is 16.8 Å². The molecule has 5 heteroatoms. The number of alkyl halides is 3. The molecule has 0 N–H and O–H groups in total. The number of fused-ring (bicyclic) bond motifs is 2. The number of anilines is 2. The van der Waals surface area contributed by atoms with Crippen LogP contribution in [0.1, 0.15) is 23.2 Å². The minimum atomic E-state index is -4.36. The summed E-state index contributed by atoms with van der Waals surface area (Å²) >= 11 is 0. The molecule has 0 saturated heterocycles. The number of nitrogens with zero attached hydrogens (tertiary/aromatic N) is 2. The van der Waals surface area contributed by atoms with Crippen LogP contribution in [0.25, 0.3) is 10.9 Å². The molecule has 1 aromatic heterocycles. The molecule has 0 spiro atoms. The van der Waals surface area contributed by atoms with Crippen molar-refractivity contribution >= 4 is 22.3 Å². The number of para-hydroxylation sites is 1. The van der Waals surface area contributed by atoms with Crippen molar-refractivity contribution in [3.8, 4) is 0 Å². The zero-order valence-electron chi connectivity index (χ0n) is 13.8. The molecule has 0 amide bonds. The Morgan fingerprint density at radius 3 is 2.60 bits per heavy atom. The highest BCUT2D eigenvalue weighted by Crippen LogP contribution is 2.39. The molecular formula is C20H17F3N2. The lowest BCUT2D eigenvalue weighted by molar-refractivity contribution is -0.137. The fraction of sp³-hybridized carbons (Fsp3) is 0.250. The van der Waals surface area contributed by atoms with Gasteiger partial charge in [0.15, 0.2) is 0 Å². The predicted molar refractivity (Wildman–Crippen MR) is 93.3 cm³/mol. The van der Waals surface area contributed by atoms with Crippen molar-refractivity contribution in [2.75, 3.05) is 11.4 Å². The first-order valence-corrected chi connectivity index (χ1v) is 8.27. The first-order valence-electron chi connectivity index (χ1n) is 8.27. The Hall–Kier alpha value is -2.56. The molecule has 1 aliphatic rings. The molecule has 0 saturated carbocycles. The number of aryl methyl sites for hydroxylation is 2. The van der Waals surface area contributed by atoms with Gasteiger partial charge < -0.3 is 4.90 Å². The van der Waals surface area contributed by atoms with Crippen LogP contribution in [0.5, 0.6) is 0 Å². The molecule has 2 aromatic carbocycles. The van der Waals surface area contributed by atoms with E-state index in [-0.39, 0.29) is 0 Å². The van der Waals surface area contributed by atoms with E-state index in [0.717, 1.165) is 48.3 Å². The number of hydrogen-bond donors (Lipinski definition) is 0. The molecule has 0 aliphatic carbocycles. The van der Waals surface area contributed by atoms with E-state index in [1.807, 2.05) is 25.1 Å². The lowest BCUT2D eigenvalue weighted by Crippen LogP contribution is -2.24. The van der Waals surface area contributed by atoms with E-state index in [0.29, 0.717) is 11.2 Å². The van der Waals surface area contributed by atoms with Crippen molar-refractivity contribution in [1.82, 2.24) is 4.98 Å². The number of hydrogen-bond acceptors (Lipinski definition) is 2. The molecule has 0 unspecified atom stereocenters. The third-order valence-electron chi connectivity index (χ3n) is 4.64. The maximum Gasteiger partial charge on any atom is 0.416 e. The van der Waals surface area contributed by atoms with Crippen molar-refractivity contribution in [3.63, 3.8) is 0 Å². The van der Waals surface area contributed by atoms with Gasteiger partial charge in [-0.1, -0.05) is 24.3 Å². The first kappa shape index (κ1) is 15.9. The second kappa shape index (κ2) is 5.76. The molecule has 1 aliphatic heterocycles. The average molecular weight is 342 g/mol. The standard InChI is InChI=1S/C20H17F3N2/c1-13-11-19(25-10-4-6-14-5-2-3-7-18(14)25)16-9-8-15(20(21,22)23)12-17(16)24-13/h2-3,5,7-9,11-12H,4,6,10H2,1H3. The van der Waals surface area contributed by atoms with Crippen molar-refractivity contribution in [3.05, 3.63) is 65.4 Å². The molecule has 2 nitrogen and oxygen atoms in total. The number of rotatable bonds is 1. The maximum absolute atomic E-state index is 13.0. The van der Waals surface area contributed by atoms with Crippen LogP contribution in [0, 0.1) is 6.92 Å². The maximum atomic E-state index is 13.0. The van der Waals surface area contributed by atoms with Crippen LogP contribution in [-0.4, -0.2) is 11.5 Å². The molecule has 4 rings (SSSR count). The third kappa shape index (κ3) is 2.84. The number of pyridine rings is 1. The zero-order chi connectivity index (χ0) is 17.6. The van der Waals surface area contributed by atoms with Crippen LogP contribution in [-0.2, 0) is 12.6 Å². The van der Waals surface area contributed by atoms with Gasteiger partial charge in [-0.2, -0.15) is 13.2 Å². The Labute approximate surface area is 143 Å². The molecule has 2 heterocycles. The van der Waals surface area contributed by atoms with E-state index >= 15 is 0 Å². The smallest absolute Gasteiger partial charge is 0.341 e. The number of benzene rings is 2. The minimum Gasteiger partial charge on any atom is -0.341 e. The highest BCUT2D eigenvalue weighted by atomic mass is 19.4. The summed E-state index contributed by atoms with van der Waals surface area (Å²) < 4.78 is 39.1. The minimum absolute atomic E-state index is 0.382. The number of aromatic nitrogens is 1. The van der Waals surface area contributed by atoms with E-state index in [1.165, 1.54) is 11.6 Å². The Bertz CT molecular complexity index is 947. The van der Waals surface area contributed by atoms with Crippen LogP contribution in [0.4, 0.5) is 24.5 Å². The monoisotopic (exact) mass is 342 g/mol. The van der Waals surface area contributed by atoms with Crippen LogP contribution >= 0.6 is 0 Å². The normalized spacial score (nSPS) is 14.6. The molecule has 0 radical (unpaired) electrons. The lowest BCUT2D eigenvalue weighted by Gasteiger charge is -2.32. The Kier molecular flexibility index (Phi) is 3.67. The third-order valence-corrected chi connectivity index (χ3v) is 4.64. The van der Waals surface area contributed by atoms with Crippen molar-refractivity contribution in [2.45, 2.75) is 25.9 Å². The molecular weight excluding hydrogens is 325 g/mol. The topological polar surface area (TPSA) is 16.1 Å². The van der Waals surface area contributed by atoms with Crippen LogP contribution < -0.4 is 4.90 Å². The molecule has 0 bridgehead atoms. The number of halogens is 3. The molecule has 0 atom stereocenters. The summed E-state index contributed by atoms with van der Waals surface area (Å²) in [7, 11) is 0. The van der Waals surface area contributed by atoms with E-state index < -0.39 is 11.7 Å². The van der Waals surface area contributed by atoms with E-state index in [2.05, 4.69) is 22.0 Å². The van der Waals surface area contributed by atoms with E-state index in [1.54, 1.807) is 0 Å². The van der Waals surface area contributed by atoms with Crippen LogP contribution in [0.3, 0.4) is 0 Å². The second-order valence-electron chi connectivity index (χ2n) is 6.40. The van der Waals surface area contributed by atoms with E-state index in [4.69, 9.17) is 0 Å². The Balaban J connectivity index is 1.91. The van der Waals surface area contributed by atoms with Crippen molar-refractivity contribution < 1.29 is 13.2 Å². The van der Waals surface area contributed by atoms with Gasteiger partial charge in [-0.25, -0.2) is 0 Å². The van der Waals surface area contributed by atoms with Gasteiger partial charge in [-0.3, -0.25) is 4.98 Å². The predicted octanol–water partition coefficient (Wildman–Crippen LogP) is 5.65. The summed E-state index contributed by atoms with van der Waals surface area (Å²) in [5.41, 5.74) is 3.74. The fourth-order valence-electron chi connectivity index (χ4n) is 3.52. The van der Waals surface area contributed by atoms with Gasteiger partial charge in [-0.05, 0) is 49.6 Å². The Morgan fingerprint density at radius 1 is 1.00 bits per heavy atom. The second-order valence-corrected chi connectivity index (χ2v) is 6.40. The molecule has 25 heavy (non-hydrogen) atoms. The summed E-state index contributed by atoms with van der Waals surface area (Å²) in [5, 5.41) is 0.746.